The Morgan fingerprint density at radius 2 is 1.89 bits per heavy atom. The maximum absolute atomic E-state index is 5.67. The zero-order valence-electron chi connectivity index (χ0n) is 9.54. The summed E-state index contributed by atoms with van der Waals surface area (Å²) < 4.78 is 5.67. The summed E-state index contributed by atoms with van der Waals surface area (Å²) in [4.78, 5) is 0. The minimum absolute atomic E-state index is 0.396. The van der Waals surface area contributed by atoms with E-state index in [1.165, 1.54) is 16.7 Å². The summed E-state index contributed by atoms with van der Waals surface area (Å²) in [6, 6.07) is 14.2. The van der Waals surface area contributed by atoms with Gasteiger partial charge in [-0.15, -0.1) is 10.2 Å². The van der Waals surface area contributed by atoms with Gasteiger partial charge in [0.15, 0.2) is 5.01 Å². The smallest absolute Gasteiger partial charge is 0.203 e. The molecule has 0 aliphatic carbocycles. The van der Waals surface area contributed by atoms with E-state index in [9.17, 15) is 0 Å². The Morgan fingerprint density at radius 3 is 2.67 bits per heavy atom. The predicted molar refractivity (Wildman–Crippen MR) is 72.6 cm³/mol. The first kappa shape index (κ1) is 11.0. The highest BCUT2D eigenvalue weighted by Crippen LogP contribution is 2.22. The van der Waals surface area contributed by atoms with Gasteiger partial charge >= 0.3 is 0 Å². The maximum Gasteiger partial charge on any atom is 0.203 e. The van der Waals surface area contributed by atoms with Crippen LogP contribution in [0.25, 0.3) is 10.8 Å². The second-order valence-corrected chi connectivity index (χ2v) is 4.93. The Bertz CT molecular complexity index is 681. The number of aromatic nitrogens is 2. The molecule has 5 heteroatoms. The zero-order valence-corrected chi connectivity index (χ0v) is 10.4. The van der Waals surface area contributed by atoms with Crippen LogP contribution in [0, 0.1) is 0 Å². The van der Waals surface area contributed by atoms with Crippen molar-refractivity contribution in [3.8, 4) is 5.75 Å². The first-order valence-corrected chi connectivity index (χ1v) is 6.32. The number of ether oxygens (including phenoxy) is 1. The number of rotatable bonds is 3. The van der Waals surface area contributed by atoms with Gasteiger partial charge in [0.25, 0.3) is 0 Å². The van der Waals surface area contributed by atoms with Crippen molar-refractivity contribution in [1.29, 1.82) is 0 Å². The van der Waals surface area contributed by atoms with Crippen molar-refractivity contribution in [1.82, 2.24) is 10.2 Å². The van der Waals surface area contributed by atoms with E-state index in [1.807, 2.05) is 30.3 Å². The third kappa shape index (κ3) is 2.26. The molecule has 0 saturated carbocycles. The fourth-order valence-corrected chi connectivity index (χ4v) is 2.25. The number of anilines is 1. The monoisotopic (exact) mass is 257 g/mol. The molecule has 0 spiro atoms. The molecular weight excluding hydrogens is 246 g/mol. The lowest BCUT2D eigenvalue weighted by Crippen LogP contribution is -1.94. The molecule has 3 rings (SSSR count). The quantitative estimate of drug-likeness (QED) is 0.783. The number of benzene rings is 2. The van der Waals surface area contributed by atoms with Gasteiger partial charge in [0, 0.05) is 0 Å². The van der Waals surface area contributed by atoms with Crippen LogP contribution in [-0.4, -0.2) is 10.2 Å². The Balaban J connectivity index is 1.78. The van der Waals surface area contributed by atoms with Gasteiger partial charge in [-0.05, 0) is 22.9 Å². The van der Waals surface area contributed by atoms with Gasteiger partial charge in [-0.2, -0.15) is 0 Å². The van der Waals surface area contributed by atoms with E-state index in [2.05, 4.69) is 22.3 Å². The number of fused-ring (bicyclic) bond motifs is 1. The average molecular weight is 257 g/mol. The zero-order chi connectivity index (χ0) is 12.4. The lowest BCUT2D eigenvalue weighted by molar-refractivity contribution is 0.305. The van der Waals surface area contributed by atoms with Crippen LogP contribution in [0.2, 0.25) is 0 Å². The third-order valence-electron chi connectivity index (χ3n) is 2.57. The molecule has 0 aliphatic heterocycles. The molecular formula is C13H11N3OS. The van der Waals surface area contributed by atoms with Crippen molar-refractivity contribution < 1.29 is 4.74 Å². The Hall–Kier alpha value is -2.14. The van der Waals surface area contributed by atoms with E-state index in [1.54, 1.807) is 0 Å². The predicted octanol–water partition coefficient (Wildman–Crippen LogP) is 2.85. The molecule has 18 heavy (non-hydrogen) atoms. The highest BCUT2D eigenvalue weighted by atomic mass is 32.1. The molecule has 0 fully saturated rings. The Kier molecular flexibility index (Phi) is 2.82. The molecule has 4 nitrogen and oxygen atoms in total. The SMILES string of the molecule is Nc1nnc(COc2ccc3ccccc3c2)s1. The molecule has 90 valence electrons. The standard InChI is InChI=1S/C13H11N3OS/c14-13-16-15-12(18-13)8-17-11-6-5-9-3-1-2-4-10(9)7-11/h1-7H,8H2,(H2,14,16). The van der Waals surface area contributed by atoms with Gasteiger partial charge in [0.2, 0.25) is 5.13 Å². The van der Waals surface area contributed by atoms with Crippen molar-refractivity contribution in [2.75, 3.05) is 5.73 Å². The summed E-state index contributed by atoms with van der Waals surface area (Å²) in [6.07, 6.45) is 0. The fraction of sp³-hybridized carbons (Fsp3) is 0.0769. The number of hydrogen-bond acceptors (Lipinski definition) is 5. The van der Waals surface area contributed by atoms with E-state index in [0.29, 0.717) is 11.7 Å². The van der Waals surface area contributed by atoms with Crippen LogP contribution in [0.3, 0.4) is 0 Å². The lowest BCUT2D eigenvalue weighted by Gasteiger charge is -2.05. The Morgan fingerprint density at radius 1 is 1.06 bits per heavy atom. The summed E-state index contributed by atoms with van der Waals surface area (Å²) in [7, 11) is 0. The second kappa shape index (κ2) is 4.62. The summed E-state index contributed by atoms with van der Waals surface area (Å²) >= 11 is 1.34. The van der Waals surface area contributed by atoms with Gasteiger partial charge in [-0.1, -0.05) is 41.7 Å². The lowest BCUT2D eigenvalue weighted by atomic mass is 10.1. The Labute approximate surface area is 108 Å². The van der Waals surface area contributed by atoms with E-state index in [4.69, 9.17) is 10.5 Å². The summed E-state index contributed by atoms with van der Waals surface area (Å²) in [5.74, 6) is 0.822. The summed E-state index contributed by atoms with van der Waals surface area (Å²) in [5.41, 5.74) is 5.51. The van der Waals surface area contributed by atoms with E-state index in [-0.39, 0.29) is 0 Å². The number of nitrogens with two attached hydrogens (primary N) is 1. The first-order chi connectivity index (χ1) is 8.81. The minimum Gasteiger partial charge on any atom is -0.486 e. The second-order valence-electron chi connectivity index (χ2n) is 3.83. The van der Waals surface area contributed by atoms with Crippen LogP contribution in [0.1, 0.15) is 5.01 Å². The van der Waals surface area contributed by atoms with Crippen LogP contribution in [0.4, 0.5) is 5.13 Å². The molecule has 0 aliphatic rings. The van der Waals surface area contributed by atoms with Gasteiger partial charge in [-0.3, -0.25) is 0 Å². The highest BCUT2D eigenvalue weighted by molar-refractivity contribution is 7.15. The van der Waals surface area contributed by atoms with Crippen molar-refractivity contribution in [2.45, 2.75) is 6.61 Å². The first-order valence-electron chi connectivity index (χ1n) is 5.51. The molecule has 1 heterocycles. The number of nitrogens with zero attached hydrogens (tertiary/aromatic N) is 2. The van der Waals surface area contributed by atoms with E-state index >= 15 is 0 Å². The highest BCUT2D eigenvalue weighted by Gasteiger charge is 2.02. The van der Waals surface area contributed by atoms with Crippen LogP contribution < -0.4 is 10.5 Å². The molecule has 0 saturated heterocycles. The molecule has 0 radical (unpaired) electrons. The van der Waals surface area contributed by atoms with Gasteiger partial charge in [0.1, 0.15) is 12.4 Å². The molecule has 2 N–H and O–H groups in total. The minimum atomic E-state index is 0.396. The summed E-state index contributed by atoms with van der Waals surface area (Å²) in [6.45, 7) is 0.396. The molecule has 0 amide bonds. The molecule has 0 bridgehead atoms. The number of hydrogen-bond donors (Lipinski definition) is 1. The van der Waals surface area contributed by atoms with Crippen molar-refractivity contribution in [2.24, 2.45) is 0 Å². The third-order valence-corrected chi connectivity index (χ3v) is 3.29. The maximum atomic E-state index is 5.67. The van der Waals surface area contributed by atoms with Gasteiger partial charge in [-0.25, -0.2) is 0 Å². The molecule has 0 unspecified atom stereocenters. The average Bonchev–Trinajstić information content (AvgIpc) is 2.82. The van der Waals surface area contributed by atoms with E-state index < -0.39 is 0 Å². The van der Waals surface area contributed by atoms with Crippen LogP contribution in [0.15, 0.2) is 42.5 Å². The van der Waals surface area contributed by atoms with Crippen molar-refractivity contribution >= 4 is 27.2 Å². The largest absolute Gasteiger partial charge is 0.486 e. The van der Waals surface area contributed by atoms with Gasteiger partial charge in [0.05, 0.1) is 0 Å². The van der Waals surface area contributed by atoms with Crippen LogP contribution >= 0.6 is 11.3 Å². The number of nitrogen functional groups attached to an aromatic ring is 1. The molecule has 2 aromatic carbocycles. The van der Waals surface area contributed by atoms with Crippen molar-refractivity contribution in [3.05, 3.63) is 47.5 Å². The molecule has 0 atom stereocenters. The van der Waals surface area contributed by atoms with Crippen molar-refractivity contribution in [3.63, 3.8) is 0 Å². The normalized spacial score (nSPS) is 10.7. The van der Waals surface area contributed by atoms with E-state index in [0.717, 1.165) is 16.1 Å². The fourth-order valence-electron chi connectivity index (χ4n) is 1.73. The van der Waals surface area contributed by atoms with Crippen LogP contribution in [-0.2, 0) is 6.61 Å². The molecule has 3 aromatic rings. The summed E-state index contributed by atoms with van der Waals surface area (Å²) in [5, 5.41) is 11.3. The molecule has 1 aromatic heterocycles. The van der Waals surface area contributed by atoms with Crippen LogP contribution in [0.5, 0.6) is 5.75 Å². The topological polar surface area (TPSA) is 61.0 Å². The van der Waals surface area contributed by atoms with Gasteiger partial charge < -0.3 is 10.5 Å².